The van der Waals surface area contributed by atoms with Crippen molar-refractivity contribution in [3.63, 3.8) is 0 Å². The number of hydrogen-bond donors (Lipinski definition) is 1. The summed E-state index contributed by atoms with van der Waals surface area (Å²) in [6.45, 7) is 7.69. The van der Waals surface area contributed by atoms with Crippen LogP contribution in [0.5, 0.6) is 0 Å². The van der Waals surface area contributed by atoms with Gasteiger partial charge in [-0.2, -0.15) is 0 Å². The molecule has 4 nitrogen and oxygen atoms in total. The molecule has 0 aliphatic carbocycles. The van der Waals surface area contributed by atoms with E-state index in [2.05, 4.69) is 12.2 Å². The molecule has 1 N–H and O–H groups in total. The van der Waals surface area contributed by atoms with Gasteiger partial charge in [0.2, 0.25) is 5.91 Å². The minimum absolute atomic E-state index is 0. The number of rotatable bonds is 6. The van der Waals surface area contributed by atoms with Crippen LogP contribution >= 0.6 is 12.4 Å². The van der Waals surface area contributed by atoms with Crippen molar-refractivity contribution >= 4 is 18.3 Å². The molecule has 0 aromatic heterocycles. The van der Waals surface area contributed by atoms with Crippen molar-refractivity contribution in [2.45, 2.75) is 26.4 Å². The van der Waals surface area contributed by atoms with E-state index in [-0.39, 0.29) is 31.0 Å². The first-order valence-electron chi connectivity index (χ1n) is 5.38. The molecule has 1 aliphatic rings. The molecular formula is C10H21ClN2O2. The maximum absolute atomic E-state index is 11.6. The Morgan fingerprint density at radius 2 is 2.13 bits per heavy atom. The maximum Gasteiger partial charge on any atom is 0.248 e. The van der Waals surface area contributed by atoms with Gasteiger partial charge in [-0.15, -0.1) is 12.4 Å². The number of ether oxygens (including phenoxy) is 1. The van der Waals surface area contributed by atoms with Crippen LogP contribution in [0.25, 0.3) is 0 Å². The van der Waals surface area contributed by atoms with Crippen LogP contribution in [0, 0.1) is 0 Å². The zero-order valence-electron chi connectivity index (χ0n) is 9.49. The van der Waals surface area contributed by atoms with Gasteiger partial charge in [0, 0.05) is 26.2 Å². The summed E-state index contributed by atoms with van der Waals surface area (Å²) in [6, 6.07) is 0. The Hall–Kier alpha value is -0.320. The summed E-state index contributed by atoms with van der Waals surface area (Å²) in [4.78, 5) is 13.4. The van der Waals surface area contributed by atoms with E-state index in [9.17, 15) is 4.79 Å². The van der Waals surface area contributed by atoms with Crippen LogP contribution in [-0.2, 0) is 9.53 Å². The molecule has 0 unspecified atom stereocenters. The first kappa shape index (κ1) is 14.7. The van der Waals surface area contributed by atoms with Crippen molar-refractivity contribution in [1.29, 1.82) is 0 Å². The van der Waals surface area contributed by atoms with Gasteiger partial charge < -0.3 is 15.0 Å². The topological polar surface area (TPSA) is 41.6 Å². The number of nitrogens with one attached hydrogen (secondary N) is 1. The van der Waals surface area contributed by atoms with Crippen molar-refractivity contribution in [3.8, 4) is 0 Å². The third-order valence-electron chi connectivity index (χ3n) is 2.41. The zero-order valence-corrected chi connectivity index (χ0v) is 10.3. The van der Waals surface area contributed by atoms with Gasteiger partial charge in [0.25, 0.3) is 0 Å². The molecule has 1 rings (SSSR count). The van der Waals surface area contributed by atoms with Gasteiger partial charge in [-0.1, -0.05) is 6.92 Å². The van der Waals surface area contributed by atoms with Crippen molar-refractivity contribution in [2.75, 3.05) is 32.8 Å². The molecule has 90 valence electrons. The lowest BCUT2D eigenvalue weighted by atomic mass is 10.2. The average Bonchev–Trinajstić information content (AvgIpc) is 2.11. The molecule has 0 atom stereocenters. The molecule has 5 heteroatoms. The number of likely N-dealkylation sites (N-methyl/N-ethyl adjacent to an activating group) is 1. The Kier molecular flexibility index (Phi) is 7.74. The highest BCUT2D eigenvalue weighted by Crippen LogP contribution is 2.00. The SMILES string of the molecule is CCCN(CC)C(=O)COC1CNC1.Cl. The van der Waals surface area contributed by atoms with Gasteiger partial charge in [0.15, 0.2) is 0 Å². The van der Waals surface area contributed by atoms with Gasteiger partial charge in [-0.05, 0) is 13.3 Å². The fraction of sp³-hybridized carbons (Fsp3) is 0.900. The van der Waals surface area contributed by atoms with E-state index in [1.54, 1.807) is 0 Å². The van der Waals surface area contributed by atoms with Crippen molar-refractivity contribution in [3.05, 3.63) is 0 Å². The van der Waals surface area contributed by atoms with Crippen LogP contribution in [0.2, 0.25) is 0 Å². The average molecular weight is 237 g/mol. The number of nitrogens with zero attached hydrogens (tertiary/aromatic N) is 1. The highest BCUT2D eigenvalue weighted by Gasteiger charge is 2.19. The van der Waals surface area contributed by atoms with E-state index in [0.717, 1.165) is 32.6 Å². The Balaban J connectivity index is 0.00000196. The molecule has 0 aromatic rings. The van der Waals surface area contributed by atoms with Gasteiger partial charge >= 0.3 is 0 Å². The van der Waals surface area contributed by atoms with Gasteiger partial charge in [0.05, 0.1) is 6.10 Å². The first-order chi connectivity index (χ1) is 6.77. The number of amides is 1. The van der Waals surface area contributed by atoms with E-state index >= 15 is 0 Å². The molecule has 1 aliphatic heterocycles. The van der Waals surface area contributed by atoms with Gasteiger partial charge in [0.1, 0.15) is 6.61 Å². The Morgan fingerprint density at radius 3 is 2.53 bits per heavy atom. The molecule has 1 heterocycles. The summed E-state index contributed by atoms with van der Waals surface area (Å²) in [6.07, 6.45) is 1.25. The summed E-state index contributed by atoms with van der Waals surface area (Å²) in [7, 11) is 0. The molecule has 0 bridgehead atoms. The van der Waals surface area contributed by atoms with Crippen molar-refractivity contribution < 1.29 is 9.53 Å². The quantitative estimate of drug-likeness (QED) is 0.737. The largest absolute Gasteiger partial charge is 0.366 e. The van der Waals surface area contributed by atoms with E-state index in [4.69, 9.17) is 4.74 Å². The fourth-order valence-corrected chi connectivity index (χ4v) is 1.39. The molecule has 1 fully saturated rings. The summed E-state index contributed by atoms with van der Waals surface area (Å²) in [5.74, 6) is 0.112. The van der Waals surface area contributed by atoms with Crippen LogP contribution < -0.4 is 5.32 Å². The number of hydrogen-bond acceptors (Lipinski definition) is 3. The highest BCUT2D eigenvalue weighted by molar-refractivity contribution is 5.85. The van der Waals surface area contributed by atoms with E-state index in [0.29, 0.717) is 0 Å². The van der Waals surface area contributed by atoms with Gasteiger partial charge in [-0.25, -0.2) is 0 Å². The molecule has 0 saturated carbocycles. The van der Waals surface area contributed by atoms with Crippen LogP contribution in [0.4, 0.5) is 0 Å². The van der Waals surface area contributed by atoms with Crippen LogP contribution in [0.15, 0.2) is 0 Å². The van der Waals surface area contributed by atoms with Crippen LogP contribution in [0.1, 0.15) is 20.3 Å². The third kappa shape index (κ3) is 4.82. The third-order valence-corrected chi connectivity index (χ3v) is 2.41. The van der Waals surface area contributed by atoms with Crippen molar-refractivity contribution in [1.82, 2.24) is 10.2 Å². The molecule has 0 spiro atoms. The van der Waals surface area contributed by atoms with Crippen LogP contribution in [0.3, 0.4) is 0 Å². The lowest BCUT2D eigenvalue weighted by Crippen LogP contribution is -2.49. The fourth-order valence-electron chi connectivity index (χ4n) is 1.39. The summed E-state index contributed by atoms with van der Waals surface area (Å²) in [5, 5.41) is 3.10. The monoisotopic (exact) mass is 236 g/mol. The molecule has 1 saturated heterocycles. The Labute approximate surface area is 97.8 Å². The summed E-state index contributed by atoms with van der Waals surface area (Å²) >= 11 is 0. The van der Waals surface area contributed by atoms with E-state index in [1.165, 1.54) is 0 Å². The van der Waals surface area contributed by atoms with Gasteiger partial charge in [-0.3, -0.25) is 4.79 Å². The lowest BCUT2D eigenvalue weighted by molar-refractivity contribution is -0.139. The lowest BCUT2D eigenvalue weighted by Gasteiger charge is -2.28. The van der Waals surface area contributed by atoms with E-state index < -0.39 is 0 Å². The second-order valence-corrected chi connectivity index (χ2v) is 3.56. The summed E-state index contributed by atoms with van der Waals surface area (Å²) < 4.78 is 5.42. The predicted molar refractivity (Wildman–Crippen MR) is 62.4 cm³/mol. The summed E-state index contributed by atoms with van der Waals surface area (Å²) in [5.41, 5.74) is 0. The molecule has 1 amide bonds. The van der Waals surface area contributed by atoms with Crippen LogP contribution in [-0.4, -0.2) is 49.7 Å². The number of halogens is 1. The van der Waals surface area contributed by atoms with E-state index in [1.807, 2.05) is 11.8 Å². The molecular weight excluding hydrogens is 216 g/mol. The second kappa shape index (κ2) is 7.91. The standard InChI is InChI=1S/C10H20N2O2.ClH/c1-3-5-12(4-2)10(13)8-14-9-6-11-7-9;/h9,11H,3-8H2,1-2H3;1H. The number of carbonyl (C=O) groups is 1. The smallest absolute Gasteiger partial charge is 0.248 e. The zero-order chi connectivity index (χ0) is 10.4. The molecule has 15 heavy (non-hydrogen) atoms. The number of carbonyl (C=O) groups excluding carboxylic acids is 1. The molecule has 0 aromatic carbocycles. The van der Waals surface area contributed by atoms with Crippen molar-refractivity contribution in [2.24, 2.45) is 0 Å². The first-order valence-corrected chi connectivity index (χ1v) is 5.38. The maximum atomic E-state index is 11.6. The highest BCUT2D eigenvalue weighted by atomic mass is 35.5. The normalized spacial score (nSPS) is 15.3. The predicted octanol–water partition coefficient (Wildman–Crippen LogP) is 0.655. The Bertz CT molecular complexity index is 186. The minimum atomic E-state index is 0. The molecule has 0 radical (unpaired) electrons. The minimum Gasteiger partial charge on any atom is -0.366 e. The second-order valence-electron chi connectivity index (χ2n) is 3.56. The Morgan fingerprint density at radius 1 is 1.47 bits per heavy atom.